The van der Waals surface area contributed by atoms with Crippen LogP contribution in [0.5, 0.6) is 5.75 Å². The van der Waals surface area contributed by atoms with Gasteiger partial charge in [0.05, 0.1) is 12.8 Å². The van der Waals surface area contributed by atoms with Crippen LogP contribution in [0.25, 0.3) is 0 Å². The quantitative estimate of drug-likeness (QED) is 0.525. The predicted molar refractivity (Wildman–Crippen MR) is 110 cm³/mol. The summed E-state index contributed by atoms with van der Waals surface area (Å²) in [7, 11) is -0.0146. The average Bonchev–Trinajstić information content (AvgIpc) is 3.24. The number of benzene rings is 1. The number of ether oxygens (including phenoxy) is 1. The maximum absolute atomic E-state index is 12.5. The lowest BCUT2D eigenvalue weighted by atomic mass is 10.1. The summed E-state index contributed by atoms with van der Waals surface area (Å²) in [5.41, 5.74) is 1.60. The summed E-state index contributed by atoms with van der Waals surface area (Å²) in [6.45, 7) is 2.71. The third-order valence-corrected chi connectivity index (χ3v) is 6.61. The fraction of sp³-hybridized carbons (Fsp3) is 0.474. The third kappa shape index (κ3) is 5.70. The number of aromatic nitrogens is 1. The first-order valence-electron chi connectivity index (χ1n) is 9.47. The van der Waals surface area contributed by atoms with Crippen molar-refractivity contribution in [3.8, 4) is 5.75 Å². The molecule has 0 amide bonds. The summed E-state index contributed by atoms with van der Waals surface area (Å²) < 4.78 is 36.6. The van der Waals surface area contributed by atoms with Crippen LogP contribution in [0.2, 0.25) is 0 Å². The second-order valence-corrected chi connectivity index (χ2v) is 8.68. The lowest BCUT2D eigenvalue weighted by Gasteiger charge is -2.35. The van der Waals surface area contributed by atoms with E-state index in [-0.39, 0.29) is 5.75 Å². The highest BCUT2D eigenvalue weighted by Crippen LogP contribution is 2.14. The molecule has 0 unspecified atom stereocenters. The first-order valence-corrected chi connectivity index (χ1v) is 11.1. The van der Waals surface area contributed by atoms with Gasteiger partial charge < -0.3 is 19.5 Å². The van der Waals surface area contributed by atoms with Gasteiger partial charge >= 0.3 is 0 Å². The maximum Gasteiger partial charge on any atom is 0.220 e. The second-order valence-electron chi connectivity index (χ2n) is 6.71. The number of nitrogens with zero attached hydrogens (tertiary/aromatic N) is 4. The lowest BCUT2D eigenvalue weighted by Crippen LogP contribution is -2.54. The zero-order chi connectivity index (χ0) is 20.7. The molecule has 1 aliphatic rings. The van der Waals surface area contributed by atoms with Crippen LogP contribution in [0.4, 0.5) is 0 Å². The summed E-state index contributed by atoms with van der Waals surface area (Å²) in [6, 6.07) is 9.55. The van der Waals surface area contributed by atoms with Crippen molar-refractivity contribution in [1.82, 2.24) is 19.7 Å². The van der Waals surface area contributed by atoms with Crippen molar-refractivity contribution in [1.29, 1.82) is 0 Å². The van der Waals surface area contributed by atoms with Crippen molar-refractivity contribution in [3.05, 3.63) is 47.9 Å². The minimum atomic E-state index is -3.41. The number of piperazine rings is 1. The largest absolute Gasteiger partial charge is 0.497 e. The molecular formula is C19H27N5O4S. The fourth-order valence-corrected chi connectivity index (χ4v) is 4.67. The Bertz CT molecular complexity index is 906. The van der Waals surface area contributed by atoms with Gasteiger partial charge in [-0.2, -0.15) is 4.31 Å². The van der Waals surface area contributed by atoms with Gasteiger partial charge in [0.25, 0.3) is 0 Å². The van der Waals surface area contributed by atoms with Gasteiger partial charge in [-0.1, -0.05) is 17.3 Å². The number of hydrogen-bond acceptors (Lipinski definition) is 6. The van der Waals surface area contributed by atoms with E-state index in [2.05, 4.69) is 26.4 Å². The Kier molecular flexibility index (Phi) is 7.10. The zero-order valence-corrected chi connectivity index (χ0v) is 17.6. The average molecular weight is 422 g/mol. The van der Waals surface area contributed by atoms with Gasteiger partial charge in [0.2, 0.25) is 10.0 Å². The predicted octanol–water partition coefficient (Wildman–Crippen LogP) is 0.949. The molecule has 0 bridgehead atoms. The van der Waals surface area contributed by atoms with Crippen LogP contribution < -0.4 is 10.1 Å². The van der Waals surface area contributed by atoms with Crippen LogP contribution in [0.1, 0.15) is 11.3 Å². The number of guanidine groups is 1. The highest BCUT2D eigenvalue weighted by molar-refractivity contribution is 7.88. The van der Waals surface area contributed by atoms with E-state index in [9.17, 15) is 8.42 Å². The number of hydrogen-bond donors (Lipinski definition) is 1. The normalized spacial score (nSPS) is 16.1. The number of sulfonamides is 1. The SMILES string of the molecule is CN=C(NCCc1cccc(OC)c1)N1CCN(S(=O)(=O)Cc2ccon2)CC1. The summed E-state index contributed by atoms with van der Waals surface area (Å²) in [5, 5.41) is 7.05. The molecule has 0 spiro atoms. The van der Waals surface area contributed by atoms with E-state index in [4.69, 9.17) is 9.26 Å². The molecule has 1 aromatic heterocycles. The molecule has 0 saturated carbocycles. The number of nitrogens with one attached hydrogen (secondary N) is 1. The van der Waals surface area contributed by atoms with E-state index < -0.39 is 10.0 Å². The Morgan fingerprint density at radius 2 is 2.07 bits per heavy atom. The Balaban J connectivity index is 1.48. The molecule has 1 N–H and O–H groups in total. The first-order chi connectivity index (χ1) is 14.0. The molecule has 0 aliphatic carbocycles. The van der Waals surface area contributed by atoms with E-state index in [0.717, 1.165) is 24.7 Å². The molecule has 3 rings (SSSR count). The van der Waals surface area contributed by atoms with E-state index in [1.54, 1.807) is 20.2 Å². The number of aliphatic imine (C=N–C) groups is 1. The zero-order valence-electron chi connectivity index (χ0n) is 16.7. The molecule has 158 valence electrons. The molecule has 9 nitrogen and oxygen atoms in total. The minimum absolute atomic E-state index is 0.142. The van der Waals surface area contributed by atoms with Gasteiger partial charge in [0.15, 0.2) is 5.96 Å². The van der Waals surface area contributed by atoms with Crippen LogP contribution >= 0.6 is 0 Å². The number of rotatable bonds is 7. The highest BCUT2D eigenvalue weighted by atomic mass is 32.2. The summed E-state index contributed by atoms with van der Waals surface area (Å²) in [6.07, 6.45) is 2.21. The van der Waals surface area contributed by atoms with Crippen molar-refractivity contribution in [2.75, 3.05) is 46.9 Å². The smallest absolute Gasteiger partial charge is 0.220 e. The first kappa shape index (κ1) is 21.1. The molecule has 1 aromatic carbocycles. The van der Waals surface area contributed by atoms with Crippen LogP contribution in [-0.4, -0.2) is 75.6 Å². The third-order valence-electron chi connectivity index (χ3n) is 4.80. The summed E-state index contributed by atoms with van der Waals surface area (Å²) in [4.78, 5) is 6.42. The highest BCUT2D eigenvalue weighted by Gasteiger charge is 2.28. The molecule has 2 aromatic rings. The van der Waals surface area contributed by atoms with Crippen LogP contribution in [0.3, 0.4) is 0 Å². The van der Waals surface area contributed by atoms with Crippen molar-refractivity contribution in [2.24, 2.45) is 4.99 Å². The van der Waals surface area contributed by atoms with Gasteiger partial charge in [0, 0.05) is 45.8 Å². The summed E-state index contributed by atoms with van der Waals surface area (Å²) >= 11 is 0. The van der Waals surface area contributed by atoms with E-state index >= 15 is 0 Å². The van der Waals surface area contributed by atoms with Crippen molar-refractivity contribution < 1.29 is 17.7 Å². The monoisotopic (exact) mass is 421 g/mol. The standard InChI is InChI=1S/C19H27N5O4S/c1-20-19(21-8-6-16-4-3-5-18(14-16)27-2)23-9-11-24(12-10-23)29(25,26)15-17-7-13-28-22-17/h3-5,7,13-14H,6,8-12,15H2,1-2H3,(H,20,21). The fourth-order valence-electron chi connectivity index (χ4n) is 3.25. The molecule has 2 heterocycles. The Morgan fingerprint density at radius 3 is 2.72 bits per heavy atom. The van der Waals surface area contributed by atoms with E-state index in [1.807, 2.05) is 18.2 Å². The van der Waals surface area contributed by atoms with Gasteiger partial charge in [-0.15, -0.1) is 0 Å². The Labute approximate surface area is 171 Å². The topological polar surface area (TPSA) is 100 Å². The Hall–Kier alpha value is -2.59. The molecule has 1 fully saturated rings. The number of methoxy groups -OCH3 is 1. The van der Waals surface area contributed by atoms with Crippen LogP contribution in [0, 0.1) is 0 Å². The Morgan fingerprint density at radius 1 is 1.28 bits per heavy atom. The van der Waals surface area contributed by atoms with Gasteiger partial charge in [0.1, 0.15) is 17.8 Å². The second kappa shape index (κ2) is 9.75. The van der Waals surface area contributed by atoms with Crippen molar-refractivity contribution >= 4 is 16.0 Å². The molecular weight excluding hydrogens is 394 g/mol. The maximum atomic E-state index is 12.5. The van der Waals surface area contributed by atoms with Crippen LogP contribution in [-0.2, 0) is 22.2 Å². The molecule has 0 atom stereocenters. The minimum Gasteiger partial charge on any atom is -0.497 e. The molecule has 1 saturated heterocycles. The molecule has 0 radical (unpaired) electrons. The molecule has 10 heteroatoms. The van der Waals surface area contributed by atoms with Crippen LogP contribution in [0.15, 0.2) is 46.1 Å². The van der Waals surface area contributed by atoms with E-state index in [0.29, 0.717) is 31.9 Å². The van der Waals surface area contributed by atoms with Crippen molar-refractivity contribution in [2.45, 2.75) is 12.2 Å². The van der Waals surface area contributed by atoms with E-state index in [1.165, 1.54) is 16.1 Å². The van der Waals surface area contributed by atoms with Gasteiger partial charge in [-0.25, -0.2) is 8.42 Å². The van der Waals surface area contributed by atoms with Gasteiger partial charge in [-0.05, 0) is 24.1 Å². The summed E-state index contributed by atoms with van der Waals surface area (Å²) in [5.74, 6) is 1.48. The lowest BCUT2D eigenvalue weighted by molar-refractivity contribution is 0.260. The molecule has 1 aliphatic heterocycles. The molecule has 29 heavy (non-hydrogen) atoms. The van der Waals surface area contributed by atoms with Gasteiger partial charge in [-0.3, -0.25) is 4.99 Å². The van der Waals surface area contributed by atoms with Crippen molar-refractivity contribution in [3.63, 3.8) is 0 Å².